The van der Waals surface area contributed by atoms with Gasteiger partial charge >= 0.3 is 0 Å². The van der Waals surface area contributed by atoms with E-state index in [0.717, 1.165) is 30.9 Å². The van der Waals surface area contributed by atoms with Crippen molar-refractivity contribution in [1.82, 2.24) is 5.32 Å². The summed E-state index contributed by atoms with van der Waals surface area (Å²) < 4.78 is 11.3. The molecular weight excluding hydrogens is 250 g/mol. The largest absolute Gasteiger partial charge is 0.313 e. The van der Waals surface area contributed by atoms with E-state index in [1.54, 1.807) is 0 Å². The lowest BCUT2D eigenvalue weighted by atomic mass is 9.91. The van der Waals surface area contributed by atoms with Crippen LogP contribution in [0.15, 0.2) is 17.5 Å². The van der Waals surface area contributed by atoms with Crippen molar-refractivity contribution >= 4 is 22.1 Å². The van der Waals surface area contributed by atoms with Crippen molar-refractivity contribution in [2.24, 2.45) is 0 Å². The predicted molar refractivity (Wildman–Crippen MR) is 76.2 cm³/mol. The molecule has 1 aliphatic rings. The van der Waals surface area contributed by atoms with Gasteiger partial charge in [-0.3, -0.25) is 4.21 Å². The van der Waals surface area contributed by atoms with E-state index >= 15 is 0 Å². The lowest BCUT2D eigenvalue weighted by Gasteiger charge is -2.29. The third-order valence-corrected chi connectivity index (χ3v) is 6.03. The maximum absolute atomic E-state index is 11.3. The second kappa shape index (κ2) is 5.63. The van der Waals surface area contributed by atoms with Gasteiger partial charge in [0.05, 0.1) is 0 Å². The number of hydrogen-bond donors (Lipinski definition) is 1. The maximum Gasteiger partial charge on any atom is 0.0249 e. The van der Waals surface area contributed by atoms with Crippen LogP contribution in [0, 0.1) is 0 Å². The van der Waals surface area contributed by atoms with E-state index in [1.165, 1.54) is 4.88 Å². The van der Waals surface area contributed by atoms with Crippen LogP contribution in [0.2, 0.25) is 0 Å². The highest BCUT2D eigenvalue weighted by Crippen LogP contribution is 2.27. The van der Waals surface area contributed by atoms with Crippen LogP contribution >= 0.6 is 11.3 Å². The Morgan fingerprint density at radius 2 is 2.18 bits per heavy atom. The number of nitrogens with one attached hydrogen (secondary N) is 1. The molecule has 2 nitrogen and oxygen atoms in total. The Morgan fingerprint density at radius 3 is 2.76 bits per heavy atom. The number of thiophene rings is 1. The van der Waals surface area contributed by atoms with E-state index in [2.05, 4.69) is 36.7 Å². The molecule has 17 heavy (non-hydrogen) atoms. The molecular formula is C13H21NOS2. The van der Waals surface area contributed by atoms with Crippen LogP contribution < -0.4 is 5.32 Å². The number of rotatable bonds is 4. The molecule has 1 aromatic rings. The molecule has 0 spiro atoms. The van der Waals surface area contributed by atoms with Gasteiger partial charge in [-0.2, -0.15) is 0 Å². The smallest absolute Gasteiger partial charge is 0.0249 e. The van der Waals surface area contributed by atoms with Gasteiger partial charge in [-0.1, -0.05) is 19.9 Å². The van der Waals surface area contributed by atoms with Gasteiger partial charge in [0.15, 0.2) is 0 Å². The van der Waals surface area contributed by atoms with Gasteiger partial charge in [0, 0.05) is 45.2 Å². The second-order valence-corrected chi connectivity index (χ2v) is 8.01. The highest BCUT2D eigenvalue weighted by atomic mass is 32.2. The molecule has 0 aromatic carbocycles. The zero-order valence-corrected chi connectivity index (χ0v) is 12.2. The zero-order valence-electron chi connectivity index (χ0n) is 10.6. The molecule has 0 aliphatic carbocycles. The van der Waals surface area contributed by atoms with Crippen LogP contribution in [-0.2, 0) is 16.2 Å². The first-order chi connectivity index (χ1) is 8.08. The summed E-state index contributed by atoms with van der Waals surface area (Å²) in [7, 11) is -0.553. The summed E-state index contributed by atoms with van der Waals surface area (Å²) in [4.78, 5) is 1.43. The van der Waals surface area contributed by atoms with E-state index in [9.17, 15) is 4.21 Å². The van der Waals surface area contributed by atoms with Crippen LogP contribution in [0.5, 0.6) is 0 Å². The molecule has 1 fully saturated rings. The van der Waals surface area contributed by atoms with Gasteiger partial charge in [-0.25, -0.2) is 0 Å². The fourth-order valence-corrected chi connectivity index (χ4v) is 4.30. The SMILES string of the molecule is CC(C)(CNC1CCS(=O)CC1)c1cccs1. The molecule has 1 aliphatic heterocycles. The summed E-state index contributed by atoms with van der Waals surface area (Å²) in [6.45, 7) is 5.57. The highest BCUT2D eigenvalue weighted by molar-refractivity contribution is 7.85. The average Bonchev–Trinajstić information content (AvgIpc) is 2.82. The first-order valence-electron chi connectivity index (χ1n) is 6.20. The molecule has 0 saturated carbocycles. The minimum atomic E-state index is -0.553. The minimum Gasteiger partial charge on any atom is -0.313 e. The summed E-state index contributed by atoms with van der Waals surface area (Å²) in [6, 6.07) is 4.89. The van der Waals surface area contributed by atoms with Crippen LogP contribution in [0.3, 0.4) is 0 Å². The van der Waals surface area contributed by atoms with Crippen molar-refractivity contribution < 1.29 is 4.21 Å². The third-order valence-electron chi connectivity index (χ3n) is 3.41. The van der Waals surface area contributed by atoms with Crippen LogP contribution in [-0.4, -0.2) is 28.3 Å². The second-order valence-electron chi connectivity index (χ2n) is 5.36. The minimum absolute atomic E-state index is 0.199. The Labute approximate surface area is 110 Å². The lowest BCUT2D eigenvalue weighted by molar-refractivity contribution is 0.404. The van der Waals surface area contributed by atoms with Gasteiger partial charge in [0.1, 0.15) is 0 Å². The molecule has 4 heteroatoms. The molecule has 2 heterocycles. The van der Waals surface area contributed by atoms with E-state index in [0.29, 0.717) is 6.04 Å². The molecule has 0 bridgehead atoms. The van der Waals surface area contributed by atoms with Crippen LogP contribution in [0.4, 0.5) is 0 Å². The molecule has 0 atom stereocenters. The normalized spacial score (nSPS) is 26.0. The average molecular weight is 271 g/mol. The third kappa shape index (κ3) is 3.63. The fraction of sp³-hybridized carbons (Fsp3) is 0.692. The lowest BCUT2D eigenvalue weighted by Crippen LogP contribution is -2.42. The highest BCUT2D eigenvalue weighted by Gasteiger charge is 2.24. The Balaban J connectivity index is 1.83. The van der Waals surface area contributed by atoms with Gasteiger partial charge in [0.2, 0.25) is 0 Å². The van der Waals surface area contributed by atoms with Crippen molar-refractivity contribution in [1.29, 1.82) is 0 Å². The predicted octanol–water partition coefficient (Wildman–Crippen LogP) is 2.53. The Hall–Kier alpha value is -0.190. The number of hydrogen-bond acceptors (Lipinski definition) is 3. The zero-order chi connectivity index (χ0) is 12.3. The summed E-state index contributed by atoms with van der Waals surface area (Å²) in [5.41, 5.74) is 0.199. The van der Waals surface area contributed by atoms with Crippen molar-refractivity contribution in [2.45, 2.75) is 38.1 Å². The molecule has 1 saturated heterocycles. The van der Waals surface area contributed by atoms with Crippen molar-refractivity contribution in [2.75, 3.05) is 18.1 Å². The standard InChI is InChI=1S/C13H21NOS2/c1-13(2,12-4-3-7-16-12)10-14-11-5-8-17(15)9-6-11/h3-4,7,11,14H,5-6,8-10H2,1-2H3. The summed E-state index contributed by atoms with van der Waals surface area (Å²) >= 11 is 1.83. The van der Waals surface area contributed by atoms with Gasteiger partial charge in [-0.05, 0) is 24.3 Å². The molecule has 1 aromatic heterocycles. The molecule has 0 unspecified atom stereocenters. The van der Waals surface area contributed by atoms with E-state index < -0.39 is 10.8 Å². The summed E-state index contributed by atoms with van der Waals surface area (Å²) in [5.74, 6) is 1.74. The fourth-order valence-electron chi connectivity index (χ4n) is 2.15. The first kappa shape index (κ1) is 13.2. The summed E-state index contributed by atoms with van der Waals surface area (Å²) in [6.07, 6.45) is 2.13. The molecule has 1 N–H and O–H groups in total. The Morgan fingerprint density at radius 1 is 1.47 bits per heavy atom. The molecule has 0 amide bonds. The first-order valence-corrected chi connectivity index (χ1v) is 8.57. The van der Waals surface area contributed by atoms with Gasteiger partial charge < -0.3 is 5.32 Å². The maximum atomic E-state index is 11.3. The summed E-state index contributed by atoms with van der Waals surface area (Å²) in [5, 5.41) is 5.78. The molecule has 2 rings (SSSR count). The molecule has 96 valence electrons. The van der Waals surface area contributed by atoms with E-state index in [-0.39, 0.29) is 5.41 Å². The van der Waals surface area contributed by atoms with Crippen molar-refractivity contribution in [3.8, 4) is 0 Å². The quantitative estimate of drug-likeness (QED) is 0.912. The Bertz CT molecular complexity index is 363. The van der Waals surface area contributed by atoms with E-state index in [1.807, 2.05) is 11.3 Å². The Kier molecular flexibility index (Phi) is 4.39. The van der Waals surface area contributed by atoms with Crippen molar-refractivity contribution in [3.05, 3.63) is 22.4 Å². The molecule has 0 radical (unpaired) electrons. The van der Waals surface area contributed by atoms with Gasteiger partial charge in [0.25, 0.3) is 0 Å². The topological polar surface area (TPSA) is 29.1 Å². The van der Waals surface area contributed by atoms with Crippen LogP contribution in [0.1, 0.15) is 31.6 Å². The van der Waals surface area contributed by atoms with Gasteiger partial charge in [-0.15, -0.1) is 11.3 Å². The van der Waals surface area contributed by atoms with Crippen molar-refractivity contribution in [3.63, 3.8) is 0 Å². The van der Waals surface area contributed by atoms with E-state index in [4.69, 9.17) is 0 Å². The van der Waals surface area contributed by atoms with Crippen LogP contribution in [0.25, 0.3) is 0 Å². The monoisotopic (exact) mass is 271 g/mol.